The number of nitrogens with two attached hydrogens (primary N) is 1. The monoisotopic (exact) mass is 622 g/mol. The topological polar surface area (TPSA) is 182 Å². The highest BCUT2D eigenvalue weighted by atomic mass is 16.1. The maximum Gasteiger partial charge on any atom is 0.277 e. The highest BCUT2D eigenvalue weighted by Crippen LogP contribution is 2.17. The molecule has 13 nitrogen and oxygen atoms in total. The van der Waals surface area contributed by atoms with Crippen molar-refractivity contribution in [2.45, 2.75) is 52.4 Å². The first-order valence-electron chi connectivity index (χ1n) is 15.2. The number of aryl methyl sites for hydroxylation is 4. The smallest absolute Gasteiger partial charge is 0.277 e. The summed E-state index contributed by atoms with van der Waals surface area (Å²) in [4.78, 5) is 50.0. The van der Waals surface area contributed by atoms with Crippen molar-refractivity contribution in [3.8, 4) is 0 Å². The number of rotatable bonds is 10. The number of nitrogens with zero attached hydrogens (tertiary/aromatic N) is 6. The molecule has 6 rings (SSSR count). The van der Waals surface area contributed by atoms with Gasteiger partial charge in [-0.25, -0.2) is 9.97 Å². The van der Waals surface area contributed by atoms with Crippen LogP contribution in [0, 0.1) is 0 Å². The number of carbonyl (C=O) groups is 1. The van der Waals surface area contributed by atoms with E-state index in [1.54, 1.807) is 23.5 Å². The van der Waals surface area contributed by atoms with Gasteiger partial charge >= 0.3 is 0 Å². The van der Waals surface area contributed by atoms with E-state index in [1.165, 1.54) is 0 Å². The van der Waals surface area contributed by atoms with Gasteiger partial charge in [0, 0.05) is 38.3 Å². The molecule has 0 aliphatic rings. The summed E-state index contributed by atoms with van der Waals surface area (Å²) in [5.74, 6) is 1.25. The molecule has 0 bridgehead atoms. The molecule has 0 aliphatic heterocycles. The van der Waals surface area contributed by atoms with E-state index in [-0.39, 0.29) is 11.1 Å². The van der Waals surface area contributed by atoms with Gasteiger partial charge in [0.15, 0.2) is 11.0 Å². The highest BCUT2D eigenvalue weighted by Gasteiger charge is 2.16. The lowest BCUT2D eigenvalue weighted by Crippen LogP contribution is -2.14. The summed E-state index contributed by atoms with van der Waals surface area (Å²) < 4.78 is 3.20. The second-order valence-corrected chi connectivity index (χ2v) is 11.1. The van der Waals surface area contributed by atoms with Crippen molar-refractivity contribution in [2.24, 2.45) is 14.1 Å². The first-order valence-corrected chi connectivity index (χ1v) is 15.2. The van der Waals surface area contributed by atoms with E-state index in [2.05, 4.69) is 49.3 Å². The predicted octanol–water partition coefficient (Wildman–Crippen LogP) is 3.55. The average Bonchev–Trinajstić information content (AvgIpc) is 3.51. The van der Waals surface area contributed by atoms with Gasteiger partial charge in [0.05, 0.1) is 11.4 Å². The molecule has 238 valence electrons. The summed E-state index contributed by atoms with van der Waals surface area (Å²) in [7, 11) is 3.54. The molecule has 0 fully saturated rings. The summed E-state index contributed by atoms with van der Waals surface area (Å²) in [5, 5.41) is 11.4. The third-order valence-electron chi connectivity index (χ3n) is 7.50. The molecular weight excluding hydrogens is 584 g/mol. The molecule has 0 aliphatic carbocycles. The zero-order chi connectivity index (χ0) is 32.8. The van der Waals surface area contributed by atoms with Gasteiger partial charge in [-0.2, -0.15) is 10.2 Å². The SMILES string of the molecule is CCCc1nn(C)c2c(=O)[nH]c(Cc3ccc(N)cc3)nc12.CCCc1nn(C)c2c(=O)[nH]c(Cc3ccc(NC=O)cc3)nc12. The minimum Gasteiger partial charge on any atom is -0.399 e. The number of hydrogen-bond donors (Lipinski definition) is 4. The zero-order valence-electron chi connectivity index (χ0n) is 26.4. The number of H-pyrrole nitrogens is 2. The van der Waals surface area contributed by atoms with E-state index in [0.29, 0.717) is 53.0 Å². The lowest BCUT2D eigenvalue weighted by atomic mass is 10.1. The second kappa shape index (κ2) is 14.0. The number of aromatic amines is 2. The molecule has 13 heteroatoms. The van der Waals surface area contributed by atoms with Crippen LogP contribution in [0.3, 0.4) is 0 Å². The van der Waals surface area contributed by atoms with E-state index in [1.807, 2.05) is 48.5 Å². The van der Waals surface area contributed by atoms with Gasteiger partial charge in [-0.3, -0.25) is 23.7 Å². The van der Waals surface area contributed by atoms with E-state index < -0.39 is 0 Å². The maximum atomic E-state index is 12.4. The number of aromatic nitrogens is 8. The minimum absolute atomic E-state index is 0.146. The normalized spacial score (nSPS) is 11.0. The van der Waals surface area contributed by atoms with Gasteiger partial charge in [0.25, 0.3) is 11.1 Å². The maximum absolute atomic E-state index is 12.4. The lowest BCUT2D eigenvalue weighted by Gasteiger charge is -2.04. The van der Waals surface area contributed by atoms with Crippen LogP contribution in [0.15, 0.2) is 58.1 Å². The molecule has 0 unspecified atom stereocenters. The Morgan fingerprint density at radius 1 is 0.739 bits per heavy atom. The van der Waals surface area contributed by atoms with Gasteiger partial charge < -0.3 is 21.0 Å². The van der Waals surface area contributed by atoms with Crippen molar-refractivity contribution < 1.29 is 4.79 Å². The molecule has 0 radical (unpaired) electrons. The van der Waals surface area contributed by atoms with Crippen molar-refractivity contribution >= 4 is 39.9 Å². The average molecular weight is 623 g/mol. The fraction of sp³-hybridized carbons (Fsp3) is 0.303. The van der Waals surface area contributed by atoms with Crippen molar-refractivity contribution in [1.29, 1.82) is 0 Å². The molecule has 46 heavy (non-hydrogen) atoms. The van der Waals surface area contributed by atoms with Crippen LogP contribution >= 0.6 is 0 Å². The number of hydrogen-bond acceptors (Lipinski definition) is 8. The van der Waals surface area contributed by atoms with Crippen LogP contribution in [0.5, 0.6) is 0 Å². The van der Waals surface area contributed by atoms with Crippen LogP contribution in [0.1, 0.15) is 60.9 Å². The largest absolute Gasteiger partial charge is 0.399 e. The Bertz CT molecular complexity index is 2090. The highest BCUT2D eigenvalue weighted by molar-refractivity contribution is 5.77. The summed E-state index contributed by atoms with van der Waals surface area (Å²) in [6.45, 7) is 4.16. The van der Waals surface area contributed by atoms with Crippen LogP contribution in [-0.4, -0.2) is 45.9 Å². The zero-order valence-corrected chi connectivity index (χ0v) is 26.4. The Hall–Kier alpha value is -5.59. The number of anilines is 2. The molecule has 4 heterocycles. The summed E-state index contributed by atoms with van der Waals surface area (Å²) >= 11 is 0. The van der Waals surface area contributed by atoms with Gasteiger partial charge in [0.1, 0.15) is 22.7 Å². The molecule has 0 saturated carbocycles. The molecule has 0 saturated heterocycles. The van der Waals surface area contributed by atoms with Crippen molar-refractivity contribution in [3.63, 3.8) is 0 Å². The van der Waals surface area contributed by atoms with Gasteiger partial charge in [0.2, 0.25) is 6.41 Å². The molecule has 4 aromatic heterocycles. The quantitative estimate of drug-likeness (QED) is 0.132. The number of nitrogen functional groups attached to an aromatic ring is 1. The Morgan fingerprint density at radius 2 is 1.17 bits per heavy atom. The number of nitrogens with one attached hydrogen (secondary N) is 3. The predicted molar refractivity (Wildman–Crippen MR) is 179 cm³/mol. The van der Waals surface area contributed by atoms with Crippen LogP contribution in [0.2, 0.25) is 0 Å². The standard InChI is InChI=1S/C17H19N5O2.C16H19N5O/c1-3-4-13-15-16(22(2)21-13)17(24)20-14(19-15)9-11-5-7-12(8-6-11)18-10-23;1-3-4-12-14-15(21(2)20-12)16(22)19-13(18-14)9-10-5-7-11(17)8-6-10/h5-8,10H,3-4,9H2,1-2H3,(H,18,23)(H,19,20,24);5-8H,3-4,9,17H2,1-2H3,(H,18,19,22). The van der Waals surface area contributed by atoms with Gasteiger partial charge in [-0.05, 0) is 48.2 Å². The lowest BCUT2D eigenvalue weighted by molar-refractivity contribution is -0.105. The van der Waals surface area contributed by atoms with Crippen LogP contribution in [0.4, 0.5) is 11.4 Å². The Labute approximate surface area is 264 Å². The van der Waals surface area contributed by atoms with E-state index in [0.717, 1.165) is 59.6 Å². The van der Waals surface area contributed by atoms with Crippen LogP contribution in [-0.2, 0) is 44.6 Å². The van der Waals surface area contributed by atoms with Crippen LogP contribution < -0.4 is 22.2 Å². The first kappa shape index (κ1) is 31.8. The first-order chi connectivity index (χ1) is 22.2. The van der Waals surface area contributed by atoms with E-state index in [9.17, 15) is 14.4 Å². The molecule has 5 N–H and O–H groups in total. The van der Waals surface area contributed by atoms with E-state index in [4.69, 9.17) is 5.73 Å². The number of carbonyl (C=O) groups excluding carboxylic acids is 1. The molecule has 0 atom stereocenters. The number of fused-ring (bicyclic) bond motifs is 2. The number of amides is 1. The molecule has 6 aromatic rings. The molecular formula is C33H38N10O3. The van der Waals surface area contributed by atoms with Crippen molar-refractivity contribution in [2.75, 3.05) is 11.1 Å². The summed E-state index contributed by atoms with van der Waals surface area (Å²) in [5.41, 5.74) is 13.0. The van der Waals surface area contributed by atoms with Gasteiger partial charge in [-0.15, -0.1) is 0 Å². The van der Waals surface area contributed by atoms with Crippen molar-refractivity contribution in [1.82, 2.24) is 39.5 Å². The Morgan fingerprint density at radius 3 is 1.59 bits per heavy atom. The molecule has 0 spiro atoms. The number of benzene rings is 2. The van der Waals surface area contributed by atoms with E-state index >= 15 is 0 Å². The molecule has 1 amide bonds. The van der Waals surface area contributed by atoms with Crippen LogP contribution in [0.25, 0.3) is 22.1 Å². The fourth-order valence-electron chi connectivity index (χ4n) is 5.37. The summed E-state index contributed by atoms with van der Waals surface area (Å²) in [6, 6.07) is 15.0. The third kappa shape index (κ3) is 7.04. The fourth-order valence-corrected chi connectivity index (χ4v) is 5.37. The Balaban J connectivity index is 0.000000182. The third-order valence-corrected chi connectivity index (χ3v) is 7.50. The second-order valence-electron chi connectivity index (χ2n) is 11.1. The minimum atomic E-state index is -0.174. The molecule has 2 aromatic carbocycles. The van der Waals surface area contributed by atoms with Crippen molar-refractivity contribution in [3.05, 3.63) is 103 Å². The Kier molecular flexibility index (Phi) is 9.70. The van der Waals surface area contributed by atoms with Gasteiger partial charge in [-0.1, -0.05) is 51.0 Å². The summed E-state index contributed by atoms with van der Waals surface area (Å²) in [6.07, 6.45) is 5.22.